The Hall–Kier alpha value is -4.75. The number of aliphatic imine (C=N–C) groups is 1. The van der Waals surface area contributed by atoms with E-state index < -0.39 is 47.8 Å². The van der Waals surface area contributed by atoms with E-state index in [9.17, 15) is 27.6 Å². The second kappa shape index (κ2) is 10.1. The van der Waals surface area contributed by atoms with Crippen LogP contribution in [0.1, 0.15) is 23.9 Å². The minimum Gasteiger partial charge on any atom is -0.361 e. The minimum absolute atomic E-state index is 0.0996. The second-order valence-corrected chi connectivity index (χ2v) is 9.47. The Bertz CT molecular complexity index is 1490. The van der Waals surface area contributed by atoms with E-state index in [1.54, 1.807) is 38.1 Å². The maximum atomic E-state index is 13.4. The van der Waals surface area contributed by atoms with Crippen LogP contribution in [0.5, 0.6) is 0 Å². The normalized spacial score (nSPS) is 19.7. The molecule has 1 aromatic carbocycles. The minimum atomic E-state index is -4.45. The number of fused-ring (bicyclic) bond motifs is 1. The topological polar surface area (TPSA) is 124 Å². The number of imide groups is 1. The number of hydrogen-bond acceptors (Lipinski definition) is 8. The van der Waals surface area contributed by atoms with E-state index >= 15 is 0 Å². The Labute approximate surface area is 226 Å². The summed E-state index contributed by atoms with van der Waals surface area (Å²) in [7, 11) is 1.52. The van der Waals surface area contributed by atoms with Crippen molar-refractivity contribution in [1.82, 2.24) is 24.8 Å². The van der Waals surface area contributed by atoms with Crippen LogP contribution in [-0.4, -0.2) is 74.3 Å². The molecular weight excluding hydrogens is 531 g/mol. The molecule has 0 saturated carbocycles. The monoisotopic (exact) mass is 555 g/mol. The first kappa shape index (κ1) is 26.8. The first-order valence-corrected chi connectivity index (χ1v) is 12.2. The predicted octanol–water partition coefficient (Wildman–Crippen LogP) is 3.52. The summed E-state index contributed by atoms with van der Waals surface area (Å²) in [5.41, 5.74) is 0.429. The van der Waals surface area contributed by atoms with Crippen molar-refractivity contribution in [3.63, 3.8) is 0 Å². The Morgan fingerprint density at radius 2 is 1.88 bits per heavy atom. The average molecular weight is 556 g/mol. The molecule has 40 heavy (non-hydrogen) atoms. The number of aryl methyl sites for hydroxylation is 1. The fourth-order valence-electron chi connectivity index (χ4n) is 4.58. The van der Waals surface area contributed by atoms with Gasteiger partial charge in [-0.15, -0.1) is 0 Å². The summed E-state index contributed by atoms with van der Waals surface area (Å²) in [6.45, 7) is 3.18. The maximum Gasteiger partial charge on any atom is 0.416 e. The molecule has 4 heterocycles. The van der Waals surface area contributed by atoms with Crippen LogP contribution in [0.2, 0.25) is 0 Å². The fourth-order valence-corrected chi connectivity index (χ4v) is 4.58. The molecule has 0 bridgehead atoms. The number of nitrogens with one attached hydrogen (secondary N) is 1. The molecule has 2 unspecified atom stereocenters. The standard InChI is InChI=1S/C26H24F3N7O4/c1-14-11-18(33-40-14)12-35-24(38)21-22(34(3)25(35)39)30-13-36(21)15(2)23(37)32-20-6-4-5-19(31-20)16-7-9-17(10-8-16)26(27,28)29/h4-11,13,15,21-22H,12H2,1-3H3,(H,31,32,37)/t15-,21?,22?/m0/s1. The summed E-state index contributed by atoms with van der Waals surface area (Å²) in [6.07, 6.45) is -3.90. The summed E-state index contributed by atoms with van der Waals surface area (Å²) in [5, 5.41) is 6.54. The van der Waals surface area contributed by atoms with Gasteiger partial charge >= 0.3 is 12.2 Å². The average Bonchev–Trinajstić information content (AvgIpc) is 3.55. The molecule has 4 amide bonds. The Morgan fingerprint density at radius 1 is 1.15 bits per heavy atom. The molecule has 0 spiro atoms. The van der Waals surface area contributed by atoms with Crippen molar-refractivity contribution < 1.29 is 32.1 Å². The molecule has 0 radical (unpaired) electrons. The van der Waals surface area contributed by atoms with E-state index in [0.717, 1.165) is 17.0 Å². The number of urea groups is 1. The summed E-state index contributed by atoms with van der Waals surface area (Å²) >= 11 is 0. The first-order chi connectivity index (χ1) is 18.9. The van der Waals surface area contributed by atoms with Gasteiger partial charge in [0.2, 0.25) is 5.91 Å². The molecule has 2 aliphatic heterocycles. The third-order valence-corrected chi connectivity index (χ3v) is 6.74. The second-order valence-electron chi connectivity index (χ2n) is 9.47. The Balaban J connectivity index is 1.30. The highest BCUT2D eigenvalue weighted by Gasteiger charge is 2.51. The number of hydrogen-bond donors (Lipinski definition) is 1. The lowest BCUT2D eigenvalue weighted by Crippen LogP contribution is -2.66. The SMILES string of the molecule is Cc1cc(CN2C(=O)C3C(N=CN3[C@@H](C)C(=O)Nc3cccc(-c4ccc(C(F)(F)F)cc4)n3)N(C)C2=O)no1. The number of halogens is 3. The summed E-state index contributed by atoms with van der Waals surface area (Å²) in [4.78, 5) is 52.0. The van der Waals surface area contributed by atoms with Crippen LogP contribution in [0, 0.1) is 6.92 Å². The predicted molar refractivity (Wildman–Crippen MR) is 136 cm³/mol. The van der Waals surface area contributed by atoms with Crippen LogP contribution in [0.15, 0.2) is 58.0 Å². The number of anilines is 1. The molecule has 3 atom stereocenters. The molecule has 5 rings (SSSR count). The van der Waals surface area contributed by atoms with Gasteiger partial charge in [-0.1, -0.05) is 23.4 Å². The van der Waals surface area contributed by atoms with E-state index in [2.05, 4.69) is 20.4 Å². The smallest absolute Gasteiger partial charge is 0.361 e. The fraction of sp³-hybridized carbons (Fsp3) is 0.308. The van der Waals surface area contributed by atoms with Gasteiger partial charge in [0.1, 0.15) is 23.3 Å². The number of likely N-dealkylation sites (N-methyl/N-ethyl adjacent to an activating group) is 1. The molecule has 208 valence electrons. The van der Waals surface area contributed by atoms with E-state index in [-0.39, 0.29) is 12.4 Å². The number of benzene rings is 1. The number of aromatic nitrogens is 2. The highest BCUT2D eigenvalue weighted by atomic mass is 19.4. The van der Waals surface area contributed by atoms with E-state index in [4.69, 9.17) is 4.52 Å². The Morgan fingerprint density at radius 3 is 2.52 bits per heavy atom. The summed E-state index contributed by atoms with van der Waals surface area (Å²) < 4.78 is 43.7. The van der Waals surface area contributed by atoms with Crippen molar-refractivity contribution >= 4 is 30.0 Å². The van der Waals surface area contributed by atoms with Gasteiger partial charge in [0.15, 0.2) is 12.2 Å². The van der Waals surface area contributed by atoms with E-state index in [1.807, 2.05) is 0 Å². The number of carbonyl (C=O) groups excluding carboxylic acids is 3. The van der Waals surface area contributed by atoms with Gasteiger partial charge < -0.3 is 19.6 Å². The number of rotatable bonds is 6. The summed E-state index contributed by atoms with van der Waals surface area (Å²) in [6, 6.07) is 8.54. The molecule has 2 aromatic heterocycles. The number of amides is 4. The molecule has 1 N–H and O–H groups in total. The third-order valence-electron chi connectivity index (χ3n) is 6.74. The van der Waals surface area contributed by atoms with Crippen LogP contribution in [0.25, 0.3) is 11.3 Å². The van der Waals surface area contributed by atoms with Crippen molar-refractivity contribution in [2.45, 2.75) is 44.8 Å². The quantitative estimate of drug-likeness (QED) is 0.494. The Kier molecular flexibility index (Phi) is 6.77. The molecule has 3 aromatic rings. The lowest BCUT2D eigenvalue weighted by molar-refractivity contribution is -0.139. The lowest BCUT2D eigenvalue weighted by atomic mass is 10.1. The van der Waals surface area contributed by atoms with Crippen LogP contribution in [0.4, 0.5) is 23.8 Å². The van der Waals surface area contributed by atoms with Gasteiger partial charge in [0.05, 0.1) is 24.1 Å². The zero-order valence-electron chi connectivity index (χ0n) is 21.6. The van der Waals surface area contributed by atoms with Crippen molar-refractivity contribution in [1.29, 1.82) is 0 Å². The zero-order chi connectivity index (χ0) is 28.8. The highest BCUT2D eigenvalue weighted by molar-refractivity contribution is 6.03. The summed E-state index contributed by atoms with van der Waals surface area (Å²) in [5.74, 6) is -0.332. The van der Waals surface area contributed by atoms with Gasteiger partial charge in [0, 0.05) is 18.7 Å². The molecule has 11 nitrogen and oxygen atoms in total. The van der Waals surface area contributed by atoms with Crippen LogP contribution >= 0.6 is 0 Å². The largest absolute Gasteiger partial charge is 0.416 e. The van der Waals surface area contributed by atoms with Gasteiger partial charge in [-0.3, -0.25) is 14.5 Å². The van der Waals surface area contributed by atoms with Crippen molar-refractivity contribution in [2.75, 3.05) is 12.4 Å². The third kappa shape index (κ3) is 4.99. The molecule has 2 aliphatic rings. The van der Waals surface area contributed by atoms with Crippen LogP contribution in [-0.2, 0) is 22.3 Å². The first-order valence-electron chi connectivity index (χ1n) is 12.2. The van der Waals surface area contributed by atoms with Gasteiger partial charge in [-0.25, -0.2) is 14.8 Å². The van der Waals surface area contributed by atoms with Crippen LogP contribution < -0.4 is 5.32 Å². The van der Waals surface area contributed by atoms with Gasteiger partial charge in [-0.2, -0.15) is 13.2 Å². The molecule has 0 aliphatic carbocycles. The molecule has 1 fully saturated rings. The van der Waals surface area contributed by atoms with E-state index in [0.29, 0.717) is 22.7 Å². The zero-order valence-corrected chi connectivity index (χ0v) is 21.6. The number of carbonyl (C=O) groups is 3. The van der Waals surface area contributed by atoms with Crippen LogP contribution in [0.3, 0.4) is 0 Å². The maximum absolute atomic E-state index is 13.4. The number of pyridine rings is 1. The van der Waals surface area contributed by atoms with Crippen molar-refractivity contribution in [3.05, 3.63) is 65.5 Å². The number of alkyl halides is 3. The van der Waals surface area contributed by atoms with Crippen molar-refractivity contribution in [2.24, 2.45) is 4.99 Å². The highest BCUT2D eigenvalue weighted by Crippen LogP contribution is 2.31. The molecule has 1 saturated heterocycles. The van der Waals surface area contributed by atoms with Gasteiger partial charge in [-0.05, 0) is 38.1 Å². The van der Waals surface area contributed by atoms with Crippen molar-refractivity contribution in [3.8, 4) is 11.3 Å². The molecule has 14 heteroatoms. The van der Waals surface area contributed by atoms with Gasteiger partial charge in [0.25, 0.3) is 5.91 Å². The van der Waals surface area contributed by atoms with E-state index in [1.165, 1.54) is 35.3 Å². The molecular formula is C26H24F3N7O4. The number of nitrogens with zero attached hydrogens (tertiary/aromatic N) is 6. The lowest BCUT2D eigenvalue weighted by Gasteiger charge is -2.42.